The molecule has 7 nitrogen and oxygen atoms in total. The highest BCUT2D eigenvalue weighted by molar-refractivity contribution is 6.33. The predicted octanol–water partition coefficient (Wildman–Crippen LogP) is 4.09. The van der Waals surface area contributed by atoms with Crippen molar-refractivity contribution in [1.29, 1.82) is 0 Å². The van der Waals surface area contributed by atoms with Gasteiger partial charge in [-0.25, -0.2) is 19.7 Å². The second-order valence-electron chi connectivity index (χ2n) is 7.63. The molecule has 1 amide bonds. The van der Waals surface area contributed by atoms with Gasteiger partial charge in [-0.3, -0.25) is 9.69 Å². The second kappa shape index (κ2) is 9.16. The maximum atomic E-state index is 13.1. The average Bonchev–Trinajstić information content (AvgIpc) is 3.15. The molecule has 0 atom stereocenters. The van der Waals surface area contributed by atoms with Crippen LogP contribution in [0.25, 0.3) is 0 Å². The van der Waals surface area contributed by atoms with Crippen LogP contribution in [-0.2, 0) is 9.63 Å². The zero-order valence-corrected chi connectivity index (χ0v) is 17.8. The highest BCUT2D eigenvalue weighted by atomic mass is 35.5. The number of halogens is 5. The Morgan fingerprint density at radius 1 is 1.21 bits per heavy atom. The van der Waals surface area contributed by atoms with Crippen molar-refractivity contribution in [3.63, 3.8) is 0 Å². The second-order valence-corrected chi connectivity index (χ2v) is 8.04. The Morgan fingerprint density at radius 2 is 1.91 bits per heavy atom. The van der Waals surface area contributed by atoms with Gasteiger partial charge < -0.3 is 10.1 Å². The molecule has 0 aliphatic carbocycles. The van der Waals surface area contributed by atoms with Crippen molar-refractivity contribution in [1.82, 2.24) is 10.4 Å². The number of piperidine rings is 1. The van der Waals surface area contributed by atoms with E-state index in [1.54, 1.807) is 0 Å². The van der Waals surface area contributed by atoms with Crippen molar-refractivity contribution < 1.29 is 31.9 Å². The van der Waals surface area contributed by atoms with Gasteiger partial charge in [-0.05, 0) is 42.5 Å². The smallest absolute Gasteiger partial charge is 0.406 e. The minimum Gasteiger partial charge on any atom is -0.406 e. The fourth-order valence-corrected chi connectivity index (χ4v) is 3.80. The molecule has 1 fully saturated rings. The zero-order valence-electron chi connectivity index (χ0n) is 17.1. The van der Waals surface area contributed by atoms with E-state index in [9.17, 15) is 22.4 Å². The number of carbonyl (C=O) groups excluding carboxylic acids is 1. The fraction of sp³-hybridized carbons (Fsp3) is 0.333. The van der Waals surface area contributed by atoms with Crippen LogP contribution in [-0.4, -0.2) is 48.4 Å². The van der Waals surface area contributed by atoms with E-state index in [1.807, 2.05) is 4.90 Å². The number of hydrogen-bond acceptors (Lipinski definition) is 6. The van der Waals surface area contributed by atoms with E-state index in [-0.39, 0.29) is 23.2 Å². The predicted molar refractivity (Wildman–Crippen MR) is 112 cm³/mol. The summed E-state index contributed by atoms with van der Waals surface area (Å²) in [5.74, 6) is -0.690. The highest BCUT2D eigenvalue weighted by Gasteiger charge is 2.40. The summed E-state index contributed by atoms with van der Waals surface area (Å²) >= 11 is 5.94. The summed E-state index contributed by atoms with van der Waals surface area (Å²) < 4.78 is 53.9. The lowest BCUT2D eigenvalue weighted by molar-refractivity contribution is -0.274. The molecule has 2 aromatic carbocycles. The molecule has 2 aliphatic rings. The van der Waals surface area contributed by atoms with Crippen molar-refractivity contribution in [3.05, 3.63) is 58.9 Å². The van der Waals surface area contributed by atoms with E-state index in [0.29, 0.717) is 43.0 Å². The van der Waals surface area contributed by atoms with E-state index >= 15 is 0 Å². The van der Waals surface area contributed by atoms with E-state index < -0.39 is 17.9 Å². The topological polar surface area (TPSA) is 75.2 Å². The molecule has 0 unspecified atom stereocenters. The van der Waals surface area contributed by atoms with Gasteiger partial charge in [-0.2, -0.15) is 0 Å². The van der Waals surface area contributed by atoms with Crippen molar-refractivity contribution >= 4 is 29.0 Å². The monoisotopic (exact) mass is 486 g/mol. The number of hydroxylamine groups is 1. The number of ether oxygens (including phenoxy) is 1. The number of rotatable bonds is 5. The Hall–Kier alpha value is -2.89. The first-order chi connectivity index (χ1) is 15.6. The maximum absolute atomic E-state index is 13.1. The summed E-state index contributed by atoms with van der Waals surface area (Å²) in [4.78, 5) is 24.5. The van der Waals surface area contributed by atoms with Crippen LogP contribution in [0.1, 0.15) is 18.4 Å². The standard InChI is InChI=1S/C21H19ClF4N4O3/c22-16-11-14(23)3-6-17(16)27-18(31)12-30-9-7-20(8-10-30)28-19(29-33-20)13-1-4-15(5-2-13)32-21(24,25)26/h1-6,11H,7-10,12H2,(H,27,31)(H,28,29). The summed E-state index contributed by atoms with van der Waals surface area (Å²) in [5.41, 5.74) is 2.82. The largest absolute Gasteiger partial charge is 0.573 e. The number of benzene rings is 2. The van der Waals surface area contributed by atoms with Crippen LogP contribution in [0.3, 0.4) is 0 Å². The molecule has 33 heavy (non-hydrogen) atoms. The first-order valence-corrected chi connectivity index (χ1v) is 10.4. The summed E-state index contributed by atoms with van der Waals surface area (Å²) in [7, 11) is 0. The third-order valence-corrected chi connectivity index (χ3v) is 5.54. The van der Waals surface area contributed by atoms with Crippen molar-refractivity contribution in [2.75, 3.05) is 25.0 Å². The molecule has 0 radical (unpaired) electrons. The molecule has 2 N–H and O–H groups in total. The molecule has 12 heteroatoms. The molecule has 0 aromatic heterocycles. The van der Waals surface area contributed by atoms with Gasteiger partial charge in [0.2, 0.25) is 5.91 Å². The van der Waals surface area contributed by atoms with Gasteiger partial charge in [0.25, 0.3) is 0 Å². The first-order valence-electron chi connectivity index (χ1n) is 9.98. The van der Waals surface area contributed by atoms with Crippen LogP contribution in [0.2, 0.25) is 5.02 Å². The van der Waals surface area contributed by atoms with Gasteiger partial charge in [0.15, 0.2) is 11.6 Å². The molecule has 0 saturated carbocycles. The van der Waals surface area contributed by atoms with Gasteiger partial charge >= 0.3 is 6.36 Å². The lowest BCUT2D eigenvalue weighted by Gasteiger charge is -2.35. The molecule has 176 valence electrons. The Morgan fingerprint density at radius 3 is 2.55 bits per heavy atom. The lowest BCUT2D eigenvalue weighted by Crippen LogP contribution is -2.46. The Balaban J connectivity index is 1.31. The van der Waals surface area contributed by atoms with Crippen LogP contribution in [0.15, 0.2) is 47.5 Å². The number of carbonyl (C=O) groups is 1. The third-order valence-electron chi connectivity index (χ3n) is 5.22. The summed E-state index contributed by atoms with van der Waals surface area (Å²) in [6.45, 7) is 1.18. The number of amides is 1. The highest BCUT2D eigenvalue weighted by Crippen LogP contribution is 2.32. The number of hydrogen-bond donors (Lipinski definition) is 2. The van der Waals surface area contributed by atoms with E-state index in [1.165, 1.54) is 36.4 Å². The molecular weight excluding hydrogens is 468 g/mol. The molecule has 1 spiro atoms. The van der Waals surface area contributed by atoms with Crippen molar-refractivity contribution in [2.45, 2.75) is 24.9 Å². The Labute approximate surface area is 191 Å². The van der Waals surface area contributed by atoms with E-state index in [2.05, 4.69) is 20.5 Å². The molecule has 2 aromatic rings. The number of likely N-dealkylation sites (tertiary alicyclic amines) is 1. The molecule has 1 saturated heterocycles. The first kappa shape index (κ1) is 23.3. The minimum absolute atomic E-state index is 0.117. The quantitative estimate of drug-likeness (QED) is 0.623. The van der Waals surface area contributed by atoms with E-state index in [4.69, 9.17) is 16.4 Å². The van der Waals surface area contributed by atoms with Crippen molar-refractivity contribution in [3.8, 4) is 5.75 Å². The molecule has 0 bridgehead atoms. The normalized spacial score (nSPS) is 18.0. The SMILES string of the molecule is O=C(CN1CCC2(CC1)N=C(c1ccc(OC(F)(F)F)cc1)NO2)Nc1ccc(F)cc1Cl. The fourth-order valence-electron chi connectivity index (χ4n) is 3.59. The van der Waals surface area contributed by atoms with Crippen LogP contribution in [0.4, 0.5) is 23.2 Å². The Bertz CT molecular complexity index is 1050. The number of nitrogens with zero attached hydrogens (tertiary/aromatic N) is 2. The summed E-state index contributed by atoms with van der Waals surface area (Å²) in [6.07, 6.45) is -3.75. The summed E-state index contributed by atoms with van der Waals surface area (Å²) in [6, 6.07) is 9.04. The molecule has 2 aliphatic heterocycles. The molecular formula is C21H19ClF4N4O3. The van der Waals surface area contributed by atoms with Gasteiger partial charge in [0.05, 0.1) is 17.3 Å². The van der Waals surface area contributed by atoms with Crippen LogP contribution in [0, 0.1) is 5.82 Å². The minimum atomic E-state index is -4.76. The zero-order chi connectivity index (χ0) is 23.6. The number of anilines is 1. The summed E-state index contributed by atoms with van der Waals surface area (Å²) in [5, 5.41) is 2.78. The third kappa shape index (κ3) is 5.92. The van der Waals surface area contributed by atoms with Crippen LogP contribution < -0.4 is 15.5 Å². The number of aliphatic imine (C=N–C) groups is 1. The lowest BCUT2D eigenvalue weighted by atomic mass is 10.0. The molecule has 4 rings (SSSR count). The van der Waals surface area contributed by atoms with Crippen molar-refractivity contribution in [2.24, 2.45) is 4.99 Å². The number of alkyl halides is 3. The van der Waals surface area contributed by atoms with Gasteiger partial charge in [-0.15, -0.1) is 13.2 Å². The van der Waals surface area contributed by atoms with Gasteiger partial charge in [-0.1, -0.05) is 11.6 Å². The molecule has 2 heterocycles. The van der Waals surface area contributed by atoms with Crippen LogP contribution in [0.5, 0.6) is 5.75 Å². The van der Waals surface area contributed by atoms with Crippen LogP contribution >= 0.6 is 11.6 Å². The number of nitrogens with one attached hydrogen (secondary N) is 2. The van der Waals surface area contributed by atoms with Gasteiger partial charge in [0.1, 0.15) is 11.6 Å². The average molecular weight is 487 g/mol. The van der Waals surface area contributed by atoms with E-state index in [0.717, 1.165) is 6.07 Å². The number of amidine groups is 1. The maximum Gasteiger partial charge on any atom is 0.573 e. The Kier molecular flexibility index (Phi) is 6.46. The van der Waals surface area contributed by atoms with Gasteiger partial charge in [0, 0.05) is 31.5 Å².